The summed E-state index contributed by atoms with van der Waals surface area (Å²) in [6.07, 6.45) is 3.14. The number of benzene rings is 2. The van der Waals surface area contributed by atoms with Gasteiger partial charge in [-0.2, -0.15) is 15.0 Å². The maximum Gasteiger partial charge on any atom is 0.357 e. The Kier molecular flexibility index (Phi) is 6.86. The largest absolute Gasteiger partial charge is 0.476 e. The summed E-state index contributed by atoms with van der Waals surface area (Å²) in [7, 11) is 0. The Labute approximate surface area is 186 Å². The molecule has 0 radical (unpaired) electrons. The number of nitrogens with zero attached hydrogens (tertiary/aromatic N) is 4. The molecule has 7 heteroatoms. The van der Waals surface area contributed by atoms with Crippen LogP contribution < -0.4 is 10.5 Å². The van der Waals surface area contributed by atoms with Gasteiger partial charge in [-0.15, -0.1) is 0 Å². The summed E-state index contributed by atoms with van der Waals surface area (Å²) in [5.74, 6) is -1.32. The molecule has 0 spiro atoms. The monoisotopic (exact) mass is 428 g/mol. The summed E-state index contributed by atoms with van der Waals surface area (Å²) in [6.45, 7) is 7.80. The number of rotatable bonds is 7. The molecule has 3 rings (SSSR count). The Morgan fingerprint density at radius 2 is 1.84 bits per heavy atom. The van der Waals surface area contributed by atoms with E-state index in [1.165, 1.54) is 6.08 Å². The molecule has 0 aliphatic rings. The summed E-state index contributed by atoms with van der Waals surface area (Å²) in [5, 5.41) is 23.4. The fourth-order valence-electron chi connectivity index (χ4n) is 3.47. The highest BCUT2D eigenvalue weighted by molar-refractivity contribution is 5.92. The van der Waals surface area contributed by atoms with Gasteiger partial charge in [0.15, 0.2) is 5.69 Å². The fourth-order valence-corrected chi connectivity index (χ4v) is 3.47. The molecule has 1 aromatic heterocycles. The quantitative estimate of drug-likeness (QED) is 0.608. The molecular weight excluding hydrogens is 404 g/mol. The summed E-state index contributed by atoms with van der Waals surface area (Å²) in [4.78, 5) is 27.1. The van der Waals surface area contributed by atoms with Gasteiger partial charge in [-0.05, 0) is 56.2 Å². The van der Waals surface area contributed by atoms with Crippen molar-refractivity contribution in [2.45, 2.75) is 20.8 Å². The van der Waals surface area contributed by atoms with Crippen molar-refractivity contribution in [2.24, 2.45) is 0 Å². The lowest BCUT2D eigenvalue weighted by molar-refractivity contribution is 0.0688. The Bertz CT molecular complexity index is 1260. The second-order valence-electron chi connectivity index (χ2n) is 7.21. The van der Waals surface area contributed by atoms with E-state index in [-0.39, 0.29) is 16.8 Å². The van der Waals surface area contributed by atoms with Gasteiger partial charge in [0.1, 0.15) is 11.6 Å². The lowest BCUT2D eigenvalue weighted by Gasteiger charge is -2.20. The van der Waals surface area contributed by atoms with E-state index in [0.29, 0.717) is 5.69 Å². The molecular formula is C25H24N4O3. The van der Waals surface area contributed by atoms with Crippen LogP contribution in [0.4, 0.5) is 5.69 Å². The van der Waals surface area contributed by atoms with E-state index in [1.807, 2.05) is 43.3 Å². The molecule has 1 heterocycles. The van der Waals surface area contributed by atoms with Gasteiger partial charge in [0, 0.05) is 24.3 Å². The SMILES string of the molecule is CCN(CC)c1ccc(/C=C\c2c(C(=O)O)nn(-c3cccc(C)c3)c(=O)c2C#N)cc1. The number of anilines is 1. The molecule has 0 saturated heterocycles. The molecule has 0 amide bonds. The first-order valence-electron chi connectivity index (χ1n) is 10.3. The average Bonchev–Trinajstić information content (AvgIpc) is 2.79. The highest BCUT2D eigenvalue weighted by Crippen LogP contribution is 2.19. The van der Waals surface area contributed by atoms with Crippen LogP contribution in [-0.2, 0) is 0 Å². The van der Waals surface area contributed by atoms with Crippen LogP contribution in [0.3, 0.4) is 0 Å². The number of carbonyl (C=O) groups is 1. The summed E-state index contributed by atoms with van der Waals surface area (Å²) >= 11 is 0. The van der Waals surface area contributed by atoms with Gasteiger partial charge in [-0.1, -0.05) is 36.4 Å². The molecule has 0 bridgehead atoms. The topological polar surface area (TPSA) is 99.2 Å². The van der Waals surface area contributed by atoms with Gasteiger partial charge in [-0.25, -0.2) is 4.79 Å². The molecule has 2 aromatic carbocycles. The molecule has 0 saturated carbocycles. The zero-order chi connectivity index (χ0) is 23.3. The van der Waals surface area contributed by atoms with Gasteiger partial charge in [0.2, 0.25) is 0 Å². The van der Waals surface area contributed by atoms with E-state index < -0.39 is 11.5 Å². The van der Waals surface area contributed by atoms with Crippen LogP contribution >= 0.6 is 0 Å². The van der Waals surface area contributed by atoms with Crippen molar-refractivity contribution in [1.29, 1.82) is 5.26 Å². The van der Waals surface area contributed by atoms with Gasteiger partial charge in [0.05, 0.1) is 5.69 Å². The van der Waals surface area contributed by atoms with Crippen molar-refractivity contribution in [3.8, 4) is 11.8 Å². The van der Waals surface area contributed by atoms with E-state index in [1.54, 1.807) is 24.3 Å². The number of aromatic carboxylic acids is 1. The average molecular weight is 428 g/mol. The predicted molar refractivity (Wildman–Crippen MR) is 125 cm³/mol. The number of carboxylic acid groups (broad SMARTS) is 1. The number of carboxylic acids is 1. The van der Waals surface area contributed by atoms with Crippen molar-refractivity contribution in [3.63, 3.8) is 0 Å². The molecule has 0 unspecified atom stereocenters. The number of aryl methyl sites for hydroxylation is 1. The van der Waals surface area contributed by atoms with Gasteiger partial charge < -0.3 is 10.0 Å². The number of hydrogen-bond donors (Lipinski definition) is 1. The highest BCUT2D eigenvalue weighted by atomic mass is 16.4. The van der Waals surface area contributed by atoms with Crippen molar-refractivity contribution in [3.05, 3.63) is 86.8 Å². The molecule has 0 aliphatic carbocycles. The van der Waals surface area contributed by atoms with Crippen LogP contribution in [0.1, 0.15) is 46.6 Å². The van der Waals surface area contributed by atoms with Gasteiger partial charge in [-0.3, -0.25) is 4.79 Å². The van der Waals surface area contributed by atoms with Crippen molar-refractivity contribution < 1.29 is 9.90 Å². The molecule has 32 heavy (non-hydrogen) atoms. The normalized spacial score (nSPS) is 10.8. The van der Waals surface area contributed by atoms with Crippen LogP contribution in [0, 0.1) is 18.3 Å². The summed E-state index contributed by atoms with van der Waals surface area (Å²) in [5.41, 5.74) is 1.86. The molecule has 7 nitrogen and oxygen atoms in total. The minimum atomic E-state index is -1.32. The fraction of sp³-hybridized carbons (Fsp3) is 0.200. The third-order valence-corrected chi connectivity index (χ3v) is 5.16. The Morgan fingerprint density at radius 1 is 1.16 bits per heavy atom. The molecule has 0 aliphatic heterocycles. The first-order chi connectivity index (χ1) is 15.4. The minimum Gasteiger partial charge on any atom is -0.476 e. The van der Waals surface area contributed by atoms with E-state index >= 15 is 0 Å². The lowest BCUT2D eigenvalue weighted by atomic mass is 10.1. The number of nitriles is 1. The van der Waals surface area contributed by atoms with E-state index in [4.69, 9.17) is 0 Å². The Morgan fingerprint density at radius 3 is 2.41 bits per heavy atom. The standard InChI is InChI=1S/C25H24N4O3/c1-4-28(5-2)19-12-9-18(10-13-19)11-14-21-22(16-26)24(30)29(27-23(21)25(31)32)20-8-6-7-17(3)15-20/h6-15H,4-5H2,1-3H3,(H,31,32)/b14-11-. The lowest BCUT2D eigenvalue weighted by Crippen LogP contribution is -2.28. The maximum absolute atomic E-state index is 13.0. The highest BCUT2D eigenvalue weighted by Gasteiger charge is 2.21. The van der Waals surface area contributed by atoms with Crippen LogP contribution in [0.5, 0.6) is 0 Å². The van der Waals surface area contributed by atoms with Crippen LogP contribution in [-0.4, -0.2) is 33.9 Å². The predicted octanol–water partition coefficient (Wildman–Crippen LogP) is 4.13. The Hall–Kier alpha value is -4.18. The van der Waals surface area contributed by atoms with Gasteiger partial charge in [0.25, 0.3) is 5.56 Å². The summed E-state index contributed by atoms with van der Waals surface area (Å²) in [6, 6.07) is 16.5. The molecule has 0 fully saturated rings. The van der Waals surface area contributed by atoms with E-state index in [2.05, 4.69) is 23.8 Å². The Balaban J connectivity index is 2.08. The minimum absolute atomic E-state index is 0.0123. The second kappa shape index (κ2) is 9.75. The molecule has 162 valence electrons. The zero-order valence-electron chi connectivity index (χ0n) is 18.2. The van der Waals surface area contributed by atoms with Crippen LogP contribution in [0.15, 0.2) is 53.3 Å². The zero-order valence-corrected chi connectivity index (χ0v) is 18.2. The van der Waals surface area contributed by atoms with Crippen LogP contribution in [0.25, 0.3) is 17.8 Å². The van der Waals surface area contributed by atoms with E-state index in [9.17, 15) is 20.0 Å². The summed E-state index contributed by atoms with van der Waals surface area (Å²) < 4.78 is 0.964. The molecule has 3 aromatic rings. The smallest absolute Gasteiger partial charge is 0.357 e. The van der Waals surface area contributed by atoms with Gasteiger partial charge >= 0.3 is 5.97 Å². The molecule has 0 atom stereocenters. The molecule has 1 N–H and O–H groups in total. The first-order valence-corrected chi connectivity index (χ1v) is 10.3. The van der Waals surface area contributed by atoms with E-state index in [0.717, 1.165) is 34.6 Å². The third-order valence-electron chi connectivity index (χ3n) is 5.16. The first kappa shape index (κ1) is 22.5. The van der Waals surface area contributed by atoms with Crippen molar-refractivity contribution in [2.75, 3.05) is 18.0 Å². The maximum atomic E-state index is 13.0. The third kappa shape index (κ3) is 4.60. The number of aromatic nitrogens is 2. The van der Waals surface area contributed by atoms with Crippen LogP contribution in [0.2, 0.25) is 0 Å². The van der Waals surface area contributed by atoms with Crippen molar-refractivity contribution in [1.82, 2.24) is 9.78 Å². The van der Waals surface area contributed by atoms with Crippen molar-refractivity contribution >= 4 is 23.8 Å². The second-order valence-corrected chi connectivity index (χ2v) is 7.21. The number of hydrogen-bond acceptors (Lipinski definition) is 5.